The molecule has 0 radical (unpaired) electrons. The molecular weight excluding hydrogens is 210 g/mol. The molecule has 0 spiro atoms. The zero-order valence-electron chi connectivity index (χ0n) is 9.37. The summed E-state index contributed by atoms with van der Waals surface area (Å²) >= 11 is 1.70. The van der Waals surface area contributed by atoms with Crippen molar-refractivity contribution in [3.05, 3.63) is 0 Å². The first-order chi connectivity index (χ1) is 7.22. The molecule has 0 aromatic rings. The molecule has 15 heavy (non-hydrogen) atoms. The summed E-state index contributed by atoms with van der Waals surface area (Å²) in [5.41, 5.74) is 0. The zero-order chi connectivity index (χ0) is 11.1. The van der Waals surface area contributed by atoms with Crippen molar-refractivity contribution in [3.8, 4) is 0 Å². The van der Waals surface area contributed by atoms with Crippen LogP contribution < -0.4 is 5.32 Å². The van der Waals surface area contributed by atoms with Crippen LogP contribution >= 0.6 is 11.8 Å². The second-order valence-electron chi connectivity index (χ2n) is 4.20. The van der Waals surface area contributed by atoms with Gasteiger partial charge in [-0.25, -0.2) is 0 Å². The van der Waals surface area contributed by atoms with Crippen LogP contribution in [0.2, 0.25) is 0 Å². The summed E-state index contributed by atoms with van der Waals surface area (Å²) in [6, 6.07) is 0. The summed E-state index contributed by atoms with van der Waals surface area (Å²) in [5, 5.41) is 12.0. The maximum atomic E-state index is 11.3. The predicted octanol–water partition coefficient (Wildman–Crippen LogP) is 1.41. The van der Waals surface area contributed by atoms with Gasteiger partial charge in [0.2, 0.25) is 5.91 Å². The number of carbonyl (C=O) groups is 1. The Kier molecular flexibility index (Phi) is 6.10. The van der Waals surface area contributed by atoms with Crippen molar-refractivity contribution >= 4 is 17.7 Å². The molecule has 1 amide bonds. The number of hydrogen-bond donors (Lipinski definition) is 2. The largest absolute Gasteiger partial charge is 0.393 e. The fourth-order valence-electron chi connectivity index (χ4n) is 1.59. The Morgan fingerprint density at radius 2 is 2.27 bits per heavy atom. The zero-order valence-corrected chi connectivity index (χ0v) is 10.2. The molecule has 1 rings (SSSR count). The molecule has 1 aliphatic rings. The van der Waals surface area contributed by atoms with Gasteiger partial charge in [0.25, 0.3) is 0 Å². The van der Waals surface area contributed by atoms with E-state index < -0.39 is 0 Å². The third-order valence-corrected chi connectivity index (χ3v) is 3.72. The number of carbonyl (C=O) groups excluding carboxylic acids is 1. The summed E-state index contributed by atoms with van der Waals surface area (Å²) < 4.78 is 0. The first kappa shape index (κ1) is 12.8. The highest BCUT2D eigenvalue weighted by Crippen LogP contribution is 2.25. The fraction of sp³-hybridized carbons (Fsp3) is 0.909. The Morgan fingerprint density at radius 3 is 2.87 bits per heavy atom. The van der Waals surface area contributed by atoms with E-state index >= 15 is 0 Å². The highest BCUT2D eigenvalue weighted by molar-refractivity contribution is 7.99. The molecule has 0 heterocycles. The predicted molar refractivity (Wildman–Crippen MR) is 64.0 cm³/mol. The molecule has 0 aliphatic heterocycles. The van der Waals surface area contributed by atoms with Gasteiger partial charge in [-0.15, -0.1) is 0 Å². The van der Waals surface area contributed by atoms with Crippen molar-refractivity contribution in [1.82, 2.24) is 5.32 Å². The summed E-state index contributed by atoms with van der Waals surface area (Å²) in [7, 11) is 0. The maximum absolute atomic E-state index is 11.3. The Balaban J connectivity index is 1.90. The number of thioether (sulfide) groups is 1. The molecule has 0 aromatic carbocycles. The van der Waals surface area contributed by atoms with Gasteiger partial charge in [-0.2, -0.15) is 11.8 Å². The monoisotopic (exact) mass is 231 g/mol. The fourth-order valence-corrected chi connectivity index (χ4v) is 2.51. The summed E-state index contributed by atoms with van der Waals surface area (Å²) in [5.74, 6) is 2.29. The van der Waals surface area contributed by atoms with E-state index in [4.69, 9.17) is 5.11 Å². The Bertz CT molecular complexity index is 193. The molecule has 0 unspecified atom stereocenters. The van der Waals surface area contributed by atoms with E-state index in [2.05, 4.69) is 12.2 Å². The number of unbranched alkanes of at least 4 members (excludes halogenated alkanes) is 1. The smallest absolute Gasteiger partial charge is 0.230 e. The van der Waals surface area contributed by atoms with Crippen LogP contribution in [-0.2, 0) is 4.79 Å². The second-order valence-corrected chi connectivity index (χ2v) is 5.31. The lowest BCUT2D eigenvalue weighted by molar-refractivity contribution is -0.119. The lowest BCUT2D eigenvalue weighted by Crippen LogP contribution is -2.39. The quantitative estimate of drug-likeness (QED) is 0.651. The van der Waals surface area contributed by atoms with E-state index in [1.54, 1.807) is 11.8 Å². The third-order valence-electron chi connectivity index (χ3n) is 2.67. The summed E-state index contributed by atoms with van der Waals surface area (Å²) in [6.07, 6.45) is 3.96. The van der Waals surface area contributed by atoms with Crippen molar-refractivity contribution in [2.75, 3.05) is 18.1 Å². The highest BCUT2D eigenvalue weighted by Gasteiger charge is 2.26. The Hall–Kier alpha value is -0.220. The third kappa shape index (κ3) is 5.42. The van der Waals surface area contributed by atoms with E-state index in [0.29, 0.717) is 11.7 Å². The van der Waals surface area contributed by atoms with Crippen molar-refractivity contribution in [3.63, 3.8) is 0 Å². The molecule has 2 N–H and O–H groups in total. The van der Waals surface area contributed by atoms with E-state index in [0.717, 1.165) is 25.1 Å². The SMILES string of the molecule is CCCCSCC(=O)NCC1CC(O)C1. The number of amides is 1. The van der Waals surface area contributed by atoms with Gasteiger partial charge in [0.05, 0.1) is 11.9 Å². The highest BCUT2D eigenvalue weighted by atomic mass is 32.2. The average molecular weight is 231 g/mol. The molecule has 1 saturated carbocycles. The van der Waals surface area contributed by atoms with E-state index in [1.165, 1.54) is 12.8 Å². The van der Waals surface area contributed by atoms with Gasteiger partial charge >= 0.3 is 0 Å². The van der Waals surface area contributed by atoms with Crippen LogP contribution in [0.5, 0.6) is 0 Å². The van der Waals surface area contributed by atoms with Crippen LogP contribution in [0.1, 0.15) is 32.6 Å². The lowest BCUT2D eigenvalue weighted by atomic mass is 9.82. The van der Waals surface area contributed by atoms with Gasteiger partial charge in [0, 0.05) is 6.54 Å². The topological polar surface area (TPSA) is 49.3 Å². The molecule has 0 saturated heterocycles. The van der Waals surface area contributed by atoms with Crippen LogP contribution in [0, 0.1) is 5.92 Å². The second kappa shape index (κ2) is 7.12. The molecule has 4 heteroatoms. The number of aliphatic hydroxyl groups is 1. The normalized spacial score (nSPS) is 24.7. The minimum atomic E-state index is -0.120. The number of rotatable bonds is 7. The van der Waals surface area contributed by atoms with Crippen molar-refractivity contribution < 1.29 is 9.90 Å². The van der Waals surface area contributed by atoms with E-state index in [9.17, 15) is 4.79 Å². The molecule has 0 atom stereocenters. The van der Waals surface area contributed by atoms with Gasteiger partial charge < -0.3 is 10.4 Å². The molecule has 0 aromatic heterocycles. The van der Waals surface area contributed by atoms with Crippen molar-refractivity contribution in [2.45, 2.75) is 38.7 Å². The van der Waals surface area contributed by atoms with Crippen LogP contribution in [0.3, 0.4) is 0 Å². The average Bonchev–Trinajstić information content (AvgIpc) is 2.18. The van der Waals surface area contributed by atoms with E-state index in [-0.39, 0.29) is 12.0 Å². The van der Waals surface area contributed by atoms with Crippen LogP contribution in [-0.4, -0.2) is 35.2 Å². The first-order valence-corrected chi connectivity index (χ1v) is 6.90. The van der Waals surface area contributed by atoms with Crippen LogP contribution in [0.4, 0.5) is 0 Å². The van der Waals surface area contributed by atoms with Crippen LogP contribution in [0.25, 0.3) is 0 Å². The van der Waals surface area contributed by atoms with Gasteiger partial charge in [-0.3, -0.25) is 4.79 Å². The van der Waals surface area contributed by atoms with Crippen molar-refractivity contribution in [1.29, 1.82) is 0 Å². The van der Waals surface area contributed by atoms with Gasteiger partial charge in [-0.05, 0) is 30.9 Å². The minimum Gasteiger partial charge on any atom is -0.393 e. The minimum absolute atomic E-state index is 0.120. The number of aliphatic hydroxyl groups excluding tert-OH is 1. The molecule has 0 bridgehead atoms. The molecule has 1 aliphatic carbocycles. The van der Waals surface area contributed by atoms with E-state index in [1.807, 2.05) is 0 Å². The molecule has 1 fully saturated rings. The number of hydrogen-bond acceptors (Lipinski definition) is 3. The molecule has 88 valence electrons. The number of nitrogens with one attached hydrogen (secondary N) is 1. The first-order valence-electron chi connectivity index (χ1n) is 5.75. The van der Waals surface area contributed by atoms with Crippen molar-refractivity contribution in [2.24, 2.45) is 5.92 Å². The summed E-state index contributed by atoms with van der Waals surface area (Å²) in [6.45, 7) is 2.90. The van der Waals surface area contributed by atoms with Gasteiger partial charge in [0.1, 0.15) is 0 Å². The Labute approximate surface area is 96.0 Å². The standard InChI is InChI=1S/C11H21NO2S/c1-2-3-4-15-8-11(14)12-7-9-5-10(13)6-9/h9-10,13H,2-8H2,1H3,(H,12,14). The molecule has 3 nitrogen and oxygen atoms in total. The van der Waals surface area contributed by atoms with Gasteiger partial charge in [0.15, 0.2) is 0 Å². The lowest BCUT2D eigenvalue weighted by Gasteiger charge is -2.31. The van der Waals surface area contributed by atoms with Gasteiger partial charge in [-0.1, -0.05) is 13.3 Å². The Morgan fingerprint density at radius 1 is 1.53 bits per heavy atom. The summed E-state index contributed by atoms with van der Waals surface area (Å²) in [4.78, 5) is 11.3. The molecular formula is C11H21NO2S. The maximum Gasteiger partial charge on any atom is 0.230 e. The van der Waals surface area contributed by atoms with Crippen LogP contribution in [0.15, 0.2) is 0 Å².